The topological polar surface area (TPSA) is 102 Å². The molecule has 8 nitrogen and oxygen atoms in total. The fourth-order valence-corrected chi connectivity index (χ4v) is 4.72. The van der Waals surface area contributed by atoms with Gasteiger partial charge in [0.15, 0.2) is 0 Å². The highest BCUT2D eigenvalue weighted by atomic mass is 35.5. The molecule has 1 saturated heterocycles. The molecule has 1 aliphatic heterocycles. The van der Waals surface area contributed by atoms with Crippen LogP contribution in [0.5, 0.6) is 0 Å². The Morgan fingerprint density at radius 2 is 1.83 bits per heavy atom. The molecule has 0 saturated carbocycles. The number of nitrogens with one attached hydrogen (secondary N) is 1. The second kappa shape index (κ2) is 8.91. The lowest BCUT2D eigenvalue weighted by molar-refractivity contribution is 0.0600. The summed E-state index contributed by atoms with van der Waals surface area (Å²) in [5.74, 6) is -1.08. The van der Waals surface area contributed by atoms with Crippen molar-refractivity contribution in [1.29, 1.82) is 0 Å². The number of carbonyl (C=O) groups excluding carboxylic acids is 2. The van der Waals surface area contributed by atoms with Gasteiger partial charge in [0.05, 0.1) is 30.9 Å². The summed E-state index contributed by atoms with van der Waals surface area (Å²) in [6, 6.07) is 10.3. The molecule has 1 fully saturated rings. The van der Waals surface area contributed by atoms with Gasteiger partial charge >= 0.3 is 5.97 Å². The fourth-order valence-electron chi connectivity index (χ4n) is 2.81. The molecule has 3 rings (SSSR count). The monoisotopic (exact) mass is 438 g/mol. The Morgan fingerprint density at radius 1 is 1.10 bits per heavy atom. The molecule has 2 aromatic carbocycles. The number of rotatable bonds is 5. The average molecular weight is 439 g/mol. The lowest BCUT2D eigenvalue weighted by Crippen LogP contribution is -2.40. The summed E-state index contributed by atoms with van der Waals surface area (Å²) >= 11 is 6.12. The van der Waals surface area contributed by atoms with Crippen molar-refractivity contribution >= 4 is 39.2 Å². The Morgan fingerprint density at radius 3 is 2.52 bits per heavy atom. The first kappa shape index (κ1) is 21.3. The molecule has 0 aromatic heterocycles. The summed E-state index contributed by atoms with van der Waals surface area (Å²) in [6.45, 7) is 1.03. The quantitative estimate of drug-likeness (QED) is 0.719. The molecule has 29 heavy (non-hydrogen) atoms. The SMILES string of the molecule is COC(=O)c1cccc(NC(=O)c2ccc(Cl)c(S(=O)(=O)N3CCOCC3)c2)c1. The van der Waals surface area contributed by atoms with Crippen LogP contribution in [0.2, 0.25) is 5.02 Å². The van der Waals surface area contributed by atoms with Gasteiger partial charge in [-0.1, -0.05) is 17.7 Å². The van der Waals surface area contributed by atoms with Crippen molar-refractivity contribution in [1.82, 2.24) is 4.31 Å². The Hall–Kier alpha value is -2.46. The molecule has 154 valence electrons. The Bertz CT molecular complexity index is 1030. The van der Waals surface area contributed by atoms with Crippen LogP contribution in [0.25, 0.3) is 0 Å². The second-order valence-electron chi connectivity index (χ2n) is 6.19. The molecule has 0 atom stereocenters. The van der Waals surface area contributed by atoms with Crippen LogP contribution in [-0.2, 0) is 19.5 Å². The van der Waals surface area contributed by atoms with E-state index in [1.807, 2.05) is 0 Å². The van der Waals surface area contributed by atoms with E-state index in [0.29, 0.717) is 18.9 Å². The maximum atomic E-state index is 12.9. The summed E-state index contributed by atoms with van der Waals surface area (Å²) in [5.41, 5.74) is 0.757. The number of hydrogen-bond donors (Lipinski definition) is 1. The summed E-state index contributed by atoms with van der Waals surface area (Å²) in [4.78, 5) is 24.1. The number of ether oxygens (including phenoxy) is 2. The van der Waals surface area contributed by atoms with Crippen LogP contribution in [0.1, 0.15) is 20.7 Å². The van der Waals surface area contributed by atoms with Gasteiger partial charge in [-0.25, -0.2) is 13.2 Å². The Kier molecular flexibility index (Phi) is 6.53. The molecule has 0 bridgehead atoms. The van der Waals surface area contributed by atoms with Crippen LogP contribution < -0.4 is 5.32 Å². The summed E-state index contributed by atoms with van der Waals surface area (Å²) in [7, 11) is -2.60. The lowest BCUT2D eigenvalue weighted by atomic mass is 10.1. The number of nitrogens with zero attached hydrogens (tertiary/aromatic N) is 1. The predicted molar refractivity (Wildman–Crippen MR) is 107 cm³/mol. The maximum Gasteiger partial charge on any atom is 0.337 e. The van der Waals surface area contributed by atoms with Crippen LogP contribution in [0.15, 0.2) is 47.4 Å². The average Bonchev–Trinajstić information content (AvgIpc) is 2.74. The van der Waals surface area contributed by atoms with E-state index in [1.165, 1.54) is 35.7 Å². The number of amides is 1. The lowest BCUT2D eigenvalue weighted by Gasteiger charge is -2.26. The molecule has 1 N–H and O–H groups in total. The van der Waals surface area contributed by atoms with Crippen molar-refractivity contribution in [3.63, 3.8) is 0 Å². The van der Waals surface area contributed by atoms with Crippen LogP contribution >= 0.6 is 11.6 Å². The van der Waals surface area contributed by atoms with E-state index in [9.17, 15) is 18.0 Å². The van der Waals surface area contributed by atoms with E-state index >= 15 is 0 Å². The van der Waals surface area contributed by atoms with Crippen LogP contribution in [-0.4, -0.2) is 58.0 Å². The molecule has 0 spiro atoms. The van der Waals surface area contributed by atoms with Gasteiger partial charge in [0.2, 0.25) is 10.0 Å². The van der Waals surface area contributed by atoms with E-state index in [1.54, 1.807) is 18.2 Å². The van der Waals surface area contributed by atoms with E-state index in [-0.39, 0.29) is 34.1 Å². The first-order valence-corrected chi connectivity index (χ1v) is 10.5. The zero-order valence-electron chi connectivity index (χ0n) is 15.6. The van der Waals surface area contributed by atoms with Crippen molar-refractivity contribution in [3.8, 4) is 0 Å². The number of sulfonamides is 1. The van der Waals surface area contributed by atoms with Crippen molar-refractivity contribution in [2.75, 3.05) is 38.7 Å². The summed E-state index contributed by atoms with van der Waals surface area (Å²) < 4.78 is 36.9. The van der Waals surface area contributed by atoms with Crippen molar-refractivity contribution in [2.24, 2.45) is 0 Å². The number of anilines is 1. The minimum absolute atomic E-state index is 0.0285. The number of esters is 1. The molecule has 0 unspecified atom stereocenters. The zero-order valence-corrected chi connectivity index (χ0v) is 17.1. The van der Waals surface area contributed by atoms with Crippen LogP contribution in [0.3, 0.4) is 0 Å². The first-order chi connectivity index (χ1) is 13.8. The molecular formula is C19H19ClN2O6S. The van der Waals surface area contributed by atoms with Gasteiger partial charge in [0.1, 0.15) is 4.90 Å². The van der Waals surface area contributed by atoms with Gasteiger partial charge in [-0.15, -0.1) is 0 Å². The minimum Gasteiger partial charge on any atom is -0.465 e. The molecule has 0 radical (unpaired) electrons. The molecule has 1 aliphatic rings. The number of halogens is 1. The molecule has 2 aromatic rings. The van der Waals surface area contributed by atoms with Gasteiger partial charge in [-0.05, 0) is 36.4 Å². The fraction of sp³-hybridized carbons (Fsp3) is 0.263. The van der Waals surface area contributed by atoms with Crippen LogP contribution in [0, 0.1) is 0 Å². The molecule has 1 heterocycles. The Balaban J connectivity index is 1.85. The molecular weight excluding hydrogens is 420 g/mol. The van der Waals surface area contributed by atoms with E-state index < -0.39 is 21.9 Å². The van der Waals surface area contributed by atoms with Crippen LogP contribution in [0.4, 0.5) is 5.69 Å². The first-order valence-electron chi connectivity index (χ1n) is 8.70. The second-order valence-corrected chi connectivity index (χ2v) is 8.50. The molecule has 0 aliphatic carbocycles. The van der Waals surface area contributed by atoms with Crippen molar-refractivity contribution in [2.45, 2.75) is 4.90 Å². The third-order valence-electron chi connectivity index (χ3n) is 4.32. The standard InChI is InChI=1S/C19H19ClN2O6S/c1-27-19(24)14-3-2-4-15(11-14)21-18(23)13-5-6-16(20)17(12-13)29(25,26)22-7-9-28-10-8-22/h2-6,11-12H,7-10H2,1H3,(H,21,23). The summed E-state index contributed by atoms with van der Waals surface area (Å²) in [6.07, 6.45) is 0. The minimum atomic E-state index is -3.86. The normalized spacial score (nSPS) is 15.0. The number of methoxy groups -OCH3 is 1. The molecule has 1 amide bonds. The number of hydrogen-bond acceptors (Lipinski definition) is 6. The third-order valence-corrected chi connectivity index (χ3v) is 6.70. The van der Waals surface area contributed by atoms with Gasteiger partial charge in [0, 0.05) is 24.3 Å². The summed E-state index contributed by atoms with van der Waals surface area (Å²) in [5, 5.41) is 2.67. The maximum absolute atomic E-state index is 12.9. The smallest absolute Gasteiger partial charge is 0.337 e. The van der Waals surface area contributed by atoms with Gasteiger partial charge in [0.25, 0.3) is 5.91 Å². The number of carbonyl (C=O) groups is 2. The van der Waals surface area contributed by atoms with Gasteiger partial charge in [-0.2, -0.15) is 4.31 Å². The van der Waals surface area contributed by atoms with Crippen molar-refractivity contribution in [3.05, 3.63) is 58.6 Å². The van der Waals surface area contributed by atoms with E-state index in [2.05, 4.69) is 10.1 Å². The zero-order chi connectivity index (χ0) is 21.0. The number of benzene rings is 2. The highest BCUT2D eigenvalue weighted by Crippen LogP contribution is 2.27. The van der Waals surface area contributed by atoms with E-state index in [4.69, 9.17) is 16.3 Å². The third kappa shape index (κ3) is 4.76. The predicted octanol–water partition coefficient (Wildman–Crippen LogP) is 2.40. The largest absolute Gasteiger partial charge is 0.465 e. The Labute approximate surface area is 173 Å². The van der Waals surface area contributed by atoms with E-state index in [0.717, 1.165) is 0 Å². The van der Waals surface area contributed by atoms with Gasteiger partial charge < -0.3 is 14.8 Å². The number of morpholine rings is 1. The van der Waals surface area contributed by atoms with Gasteiger partial charge in [-0.3, -0.25) is 4.79 Å². The highest BCUT2D eigenvalue weighted by molar-refractivity contribution is 7.89. The van der Waals surface area contributed by atoms with Crippen molar-refractivity contribution < 1.29 is 27.5 Å². The molecule has 10 heteroatoms. The highest BCUT2D eigenvalue weighted by Gasteiger charge is 2.29.